The van der Waals surface area contributed by atoms with Crippen LogP contribution in [-0.4, -0.2) is 30.1 Å². The van der Waals surface area contributed by atoms with Crippen LogP contribution >= 0.6 is 0 Å². The molecule has 1 aliphatic rings. The van der Waals surface area contributed by atoms with Crippen molar-refractivity contribution in [2.75, 3.05) is 6.61 Å². The van der Waals surface area contributed by atoms with E-state index in [1.165, 1.54) is 6.26 Å². The summed E-state index contributed by atoms with van der Waals surface area (Å²) in [6, 6.07) is -0.604. The Hall–Kier alpha value is -1.52. The summed E-state index contributed by atoms with van der Waals surface area (Å²) in [5.74, 6) is -0.124. The minimum Gasteiger partial charge on any atom is -0.501 e. The lowest BCUT2D eigenvalue weighted by molar-refractivity contribution is -0.117. The molecule has 1 rings (SSSR count). The number of Topliss-reactive ketones (excluding diaryl/α,β-unsaturated/α-hetero) is 1. The van der Waals surface area contributed by atoms with Crippen molar-refractivity contribution in [3.05, 3.63) is 11.8 Å². The fraction of sp³-hybridized carbons (Fsp3) is 0.692. The average molecular weight is 255 g/mol. The van der Waals surface area contributed by atoms with Gasteiger partial charge in [-0.05, 0) is 40.5 Å². The Morgan fingerprint density at radius 2 is 2.11 bits per heavy atom. The van der Waals surface area contributed by atoms with Gasteiger partial charge in [0.25, 0.3) is 0 Å². The maximum absolute atomic E-state index is 12.0. The Balaban J connectivity index is 2.49. The monoisotopic (exact) mass is 255 g/mol. The summed E-state index contributed by atoms with van der Waals surface area (Å²) in [7, 11) is 0. The van der Waals surface area contributed by atoms with Gasteiger partial charge in [0.05, 0.1) is 18.9 Å². The summed E-state index contributed by atoms with van der Waals surface area (Å²) in [6.45, 7) is 7.61. The van der Waals surface area contributed by atoms with Gasteiger partial charge in [0.2, 0.25) is 0 Å². The van der Waals surface area contributed by atoms with Gasteiger partial charge in [-0.2, -0.15) is 0 Å². The second-order valence-electron chi connectivity index (χ2n) is 5.35. The normalized spacial score (nSPS) is 17.2. The van der Waals surface area contributed by atoms with Crippen molar-refractivity contribution in [2.24, 2.45) is 0 Å². The minimum absolute atomic E-state index is 0.124. The molecule has 0 aromatic heterocycles. The number of ether oxygens (including phenoxy) is 2. The van der Waals surface area contributed by atoms with Gasteiger partial charge in [-0.25, -0.2) is 4.79 Å². The topological polar surface area (TPSA) is 64.6 Å². The Morgan fingerprint density at radius 1 is 1.44 bits per heavy atom. The molecule has 0 unspecified atom stereocenters. The van der Waals surface area contributed by atoms with Crippen LogP contribution in [0.15, 0.2) is 11.8 Å². The third-order valence-electron chi connectivity index (χ3n) is 2.38. The van der Waals surface area contributed by atoms with E-state index < -0.39 is 17.7 Å². The molecule has 18 heavy (non-hydrogen) atoms. The first kappa shape index (κ1) is 14.5. The van der Waals surface area contributed by atoms with Gasteiger partial charge in [0.1, 0.15) is 5.60 Å². The molecule has 0 saturated carbocycles. The largest absolute Gasteiger partial charge is 0.501 e. The number of alkyl carbamates (subject to hydrolysis) is 1. The number of ketones is 1. The molecule has 5 nitrogen and oxygen atoms in total. The summed E-state index contributed by atoms with van der Waals surface area (Å²) in [5.41, 5.74) is 0.0462. The lowest BCUT2D eigenvalue weighted by Crippen LogP contribution is -2.42. The van der Waals surface area contributed by atoms with E-state index in [1.807, 2.05) is 0 Å². The van der Waals surface area contributed by atoms with E-state index in [4.69, 9.17) is 9.47 Å². The van der Waals surface area contributed by atoms with Gasteiger partial charge in [-0.1, -0.05) is 0 Å². The Labute approximate surface area is 108 Å². The van der Waals surface area contributed by atoms with Crippen molar-refractivity contribution in [3.63, 3.8) is 0 Å². The number of rotatable bonds is 3. The van der Waals surface area contributed by atoms with E-state index in [0.29, 0.717) is 18.6 Å². The molecule has 0 fully saturated rings. The smallest absolute Gasteiger partial charge is 0.408 e. The van der Waals surface area contributed by atoms with E-state index in [0.717, 1.165) is 6.42 Å². The highest BCUT2D eigenvalue weighted by atomic mass is 16.6. The molecule has 0 aromatic carbocycles. The second-order valence-corrected chi connectivity index (χ2v) is 5.35. The molecule has 1 atom stereocenters. The molecular weight excluding hydrogens is 234 g/mol. The first-order chi connectivity index (χ1) is 8.29. The lowest BCUT2D eigenvalue weighted by atomic mass is 10.0. The average Bonchev–Trinajstić information content (AvgIpc) is 2.26. The highest BCUT2D eigenvalue weighted by Gasteiger charge is 2.24. The van der Waals surface area contributed by atoms with Crippen LogP contribution < -0.4 is 5.32 Å². The first-order valence-electron chi connectivity index (χ1n) is 6.14. The van der Waals surface area contributed by atoms with E-state index in [-0.39, 0.29) is 5.78 Å². The standard InChI is InChI=1S/C13H21NO4/c1-9(14-12(16)18-13(2,3)4)11(15)10-6-5-7-17-8-10/h8-9H,5-7H2,1-4H3,(H,14,16)/t9-/m0/s1. The lowest BCUT2D eigenvalue weighted by Gasteiger charge is -2.22. The quantitative estimate of drug-likeness (QED) is 0.839. The second kappa shape index (κ2) is 5.89. The molecular formula is C13H21NO4. The van der Waals surface area contributed by atoms with Crippen LogP contribution in [0.4, 0.5) is 4.79 Å². The molecule has 1 amide bonds. The zero-order chi connectivity index (χ0) is 13.8. The SMILES string of the molecule is C[C@H](NC(=O)OC(C)(C)C)C(=O)C1=COCCC1. The zero-order valence-electron chi connectivity index (χ0n) is 11.4. The van der Waals surface area contributed by atoms with Crippen molar-refractivity contribution in [2.45, 2.75) is 52.2 Å². The van der Waals surface area contributed by atoms with E-state index in [1.54, 1.807) is 27.7 Å². The number of hydrogen-bond donors (Lipinski definition) is 1. The van der Waals surface area contributed by atoms with Gasteiger partial charge in [-0.3, -0.25) is 4.79 Å². The molecule has 0 aliphatic carbocycles. The Morgan fingerprint density at radius 3 is 2.61 bits per heavy atom. The fourth-order valence-corrected chi connectivity index (χ4v) is 1.57. The van der Waals surface area contributed by atoms with E-state index in [2.05, 4.69) is 5.32 Å². The van der Waals surface area contributed by atoms with Crippen molar-refractivity contribution in [1.29, 1.82) is 0 Å². The summed E-state index contributed by atoms with van der Waals surface area (Å²) in [5, 5.41) is 2.53. The third-order valence-corrected chi connectivity index (χ3v) is 2.38. The summed E-state index contributed by atoms with van der Waals surface area (Å²) in [6.07, 6.45) is 2.43. The minimum atomic E-state index is -0.604. The van der Waals surface area contributed by atoms with Crippen LogP contribution in [0.25, 0.3) is 0 Å². The van der Waals surface area contributed by atoms with Crippen LogP contribution in [0.3, 0.4) is 0 Å². The number of nitrogens with one attached hydrogen (secondary N) is 1. The van der Waals surface area contributed by atoms with Gasteiger partial charge >= 0.3 is 6.09 Å². The highest BCUT2D eigenvalue weighted by molar-refractivity contribution is 6.00. The predicted molar refractivity (Wildman–Crippen MR) is 67.1 cm³/mol. The van der Waals surface area contributed by atoms with E-state index >= 15 is 0 Å². The molecule has 0 spiro atoms. The predicted octanol–water partition coefficient (Wildman–Crippen LogP) is 2.16. The Kier molecular flexibility index (Phi) is 4.76. The molecule has 102 valence electrons. The van der Waals surface area contributed by atoms with Crippen LogP contribution in [0.5, 0.6) is 0 Å². The molecule has 0 radical (unpaired) electrons. The molecule has 0 bridgehead atoms. The Bertz CT molecular complexity index is 354. The molecule has 1 aliphatic heterocycles. The van der Waals surface area contributed by atoms with Crippen molar-refractivity contribution >= 4 is 11.9 Å². The summed E-state index contributed by atoms with van der Waals surface area (Å²) in [4.78, 5) is 23.5. The fourth-order valence-electron chi connectivity index (χ4n) is 1.57. The van der Waals surface area contributed by atoms with Crippen molar-refractivity contribution in [1.82, 2.24) is 5.32 Å². The van der Waals surface area contributed by atoms with Gasteiger partial charge in [-0.15, -0.1) is 0 Å². The maximum atomic E-state index is 12.0. The molecule has 5 heteroatoms. The van der Waals surface area contributed by atoms with Crippen LogP contribution in [0.2, 0.25) is 0 Å². The van der Waals surface area contributed by atoms with Crippen molar-refractivity contribution in [3.8, 4) is 0 Å². The number of amides is 1. The van der Waals surface area contributed by atoms with Gasteiger partial charge in [0, 0.05) is 5.57 Å². The molecule has 1 heterocycles. The molecule has 1 N–H and O–H groups in total. The highest BCUT2D eigenvalue weighted by Crippen LogP contribution is 2.14. The number of hydrogen-bond acceptors (Lipinski definition) is 4. The maximum Gasteiger partial charge on any atom is 0.408 e. The molecule has 0 saturated heterocycles. The van der Waals surface area contributed by atoms with Crippen LogP contribution in [0.1, 0.15) is 40.5 Å². The zero-order valence-corrected chi connectivity index (χ0v) is 11.4. The third kappa shape index (κ3) is 4.77. The van der Waals surface area contributed by atoms with Crippen LogP contribution in [0, 0.1) is 0 Å². The van der Waals surface area contributed by atoms with Crippen LogP contribution in [-0.2, 0) is 14.3 Å². The van der Waals surface area contributed by atoms with E-state index in [9.17, 15) is 9.59 Å². The summed E-state index contributed by atoms with van der Waals surface area (Å²) < 4.78 is 10.2. The van der Waals surface area contributed by atoms with Gasteiger partial charge < -0.3 is 14.8 Å². The number of carbonyl (C=O) groups excluding carboxylic acids is 2. The number of carbonyl (C=O) groups is 2. The van der Waals surface area contributed by atoms with Crippen molar-refractivity contribution < 1.29 is 19.1 Å². The first-order valence-corrected chi connectivity index (χ1v) is 6.14. The van der Waals surface area contributed by atoms with Gasteiger partial charge in [0.15, 0.2) is 5.78 Å². The molecule has 0 aromatic rings. The summed E-state index contributed by atoms with van der Waals surface area (Å²) >= 11 is 0.